The Morgan fingerprint density at radius 2 is 1.48 bits per heavy atom. The van der Waals surface area contributed by atoms with E-state index in [2.05, 4.69) is 40.2 Å². The first-order valence-corrected chi connectivity index (χ1v) is 11.7. The molecule has 2 aliphatic rings. The van der Waals surface area contributed by atoms with Gasteiger partial charge in [-0.05, 0) is 90.6 Å². The van der Waals surface area contributed by atoms with E-state index in [9.17, 15) is 13.2 Å². The third-order valence-corrected chi connectivity index (χ3v) is 7.65. The standard InChI is InChI=1S/C28H29F3N2/c1-20(28(29,30)31)22-6-8-24(9-7-22)23-4-2-21(3-5-23)19-33-14-11-27(12-15-33)16-25-10-13-32-18-26(25)17-27/h2-10,13,18,20H,11-12,14-17,19H2,1H3. The summed E-state index contributed by atoms with van der Waals surface area (Å²) in [7, 11) is 0. The van der Waals surface area contributed by atoms with Crippen LogP contribution in [-0.4, -0.2) is 29.1 Å². The molecule has 3 aromatic rings. The van der Waals surface area contributed by atoms with E-state index in [1.165, 1.54) is 49.3 Å². The van der Waals surface area contributed by atoms with E-state index in [1.807, 2.05) is 12.4 Å². The van der Waals surface area contributed by atoms with Crippen LogP contribution in [0.1, 0.15) is 47.9 Å². The van der Waals surface area contributed by atoms with E-state index >= 15 is 0 Å². The molecule has 5 heteroatoms. The molecule has 0 bridgehead atoms. The van der Waals surface area contributed by atoms with E-state index in [1.54, 1.807) is 24.3 Å². The topological polar surface area (TPSA) is 16.1 Å². The first-order valence-electron chi connectivity index (χ1n) is 11.7. The van der Waals surface area contributed by atoms with Gasteiger partial charge in [0.05, 0.1) is 5.92 Å². The van der Waals surface area contributed by atoms with Crippen molar-refractivity contribution in [2.75, 3.05) is 13.1 Å². The minimum Gasteiger partial charge on any atom is -0.299 e. The van der Waals surface area contributed by atoms with Crippen LogP contribution in [0, 0.1) is 5.41 Å². The highest BCUT2D eigenvalue weighted by molar-refractivity contribution is 5.64. The summed E-state index contributed by atoms with van der Waals surface area (Å²) in [6.07, 6.45) is 4.55. The molecule has 2 aromatic carbocycles. The summed E-state index contributed by atoms with van der Waals surface area (Å²) in [5.41, 5.74) is 6.87. The van der Waals surface area contributed by atoms with Crippen LogP contribution >= 0.6 is 0 Å². The van der Waals surface area contributed by atoms with E-state index < -0.39 is 12.1 Å². The van der Waals surface area contributed by atoms with Crippen LogP contribution in [0.3, 0.4) is 0 Å². The Morgan fingerprint density at radius 3 is 2.09 bits per heavy atom. The molecule has 1 fully saturated rings. The van der Waals surface area contributed by atoms with Crippen molar-refractivity contribution in [3.05, 3.63) is 89.2 Å². The average Bonchev–Trinajstić information content (AvgIpc) is 3.18. The van der Waals surface area contributed by atoms with Gasteiger partial charge in [-0.3, -0.25) is 9.88 Å². The van der Waals surface area contributed by atoms with Crippen molar-refractivity contribution in [3.63, 3.8) is 0 Å². The molecule has 1 aromatic heterocycles. The second kappa shape index (κ2) is 8.60. The van der Waals surface area contributed by atoms with Crippen molar-refractivity contribution in [2.24, 2.45) is 5.41 Å². The Kier molecular flexibility index (Phi) is 5.77. The average molecular weight is 451 g/mol. The number of rotatable bonds is 4. The molecule has 2 heterocycles. The minimum absolute atomic E-state index is 0.298. The molecule has 0 saturated carbocycles. The minimum atomic E-state index is -4.21. The Balaban J connectivity index is 1.18. The van der Waals surface area contributed by atoms with Crippen LogP contribution in [0.25, 0.3) is 11.1 Å². The molecule has 1 aliphatic heterocycles. The van der Waals surface area contributed by atoms with Crippen LogP contribution in [0.15, 0.2) is 67.0 Å². The van der Waals surface area contributed by atoms with E-state index in [0.717, 1.165) is 30.8 Å². The molecule has 1 atom stereocenters. The van der Waals surface area contributed by atoms with Crippen molar-refractivity contribution in [1.29, 1.82) is 0 Å². The maximum atomic E-state index is 12.9. The summed E-state index contributed by atoms with van der Waals surface area (Å²) in [6, 6.07) is 17.4. The number of nitrogens with zero attached hydrogens (tertiary/aromatic N) is 2. The summed E-state index contributed by atoms with van der Waals surface area (Å²) in [4.78, 5) is 6.84. The van der Waals surface area contributed by atoms with Gasteiger partial charge in [0.1, 0.15) is 0 Å². The molecule has 0 amide bonds. The number of piperidine rings is 1. The first-order chi connectivity index (χ1) is 15.8. The lowest BCUT2D eigenvalue weighted by Gasteiger charge is -2.39. The van der Waals surface area contributed by atoms with Crippen molar-refractivity contribution < 1.29 is 13.2 Å². The van der Waals surface area contributed by atoms with Gasteiger partial charge in [-0.2, -0.15) is 13.2 Å². The quantitative estimate of drug-likeness (QED) is 0.435. The van der Waals surface area contributed by atoms with Crippen molar-refractivity contribution in [2.45, 2.75) is 51.2 Å². The maximum Gasteiger partial charge on any atom is 0.395 e. The molecule has 5 rings (SSSR count). The Morgan fingerprint density at radius 1 is 0.879 bits per heavy atom. The van der Waals surface area contributed by atoms with Crippen molar-refractivity contribution >= 4 is 0 Å². The fourth-order valence-corrected chi connectivity index (χ4v) is 5.41. The van der Waals surface area contributed by atoms with Crippen LogP contribution in [0.2, 0.25) is 0 Å². The molecule has 1 saturated heterocycles. The van der Waals surface area contributed by atoms with Crippen LogP contribution in [0.5, 0.6) is 0 Å². The van der Waals surface area contributed by atoms with E-state index in [4.69, 9.17) is 0 Å². The molecule has 1 unspecified atom stereocenters. The predicted molar refractivity (Wildman–Crippen MR) is 125 cm³/mol. The van der Waals surface area contributed by atoms with Gasteiger partial charge >= 0.3 is 6.18 Å². The summed E-state index contributed by atoms with van der Waals surface area (Å²) < 4.78 is 38.8. The lowest BCUT2D eigenvalue weighted by Crippen LogP contribution is -2.40. The first kappa shape index (κ1) is 22.1. The Hall–Kier alpha value is -2.66. The zero-order valence-corrected chi connectivity index (χ0v) is 18.9. The van der Waals surface area contributed by atoms with Crippen LogP contribution < -0.4 is 0 Å². The fourth-order valence-electron chi connectivity index (χ4n) is 5.41. The molecule has 2 nitrogen and oxygen atoms in total. The van der Waals surface area contributed by atoms with Gasteiger partial charge in [0, 0.05) is 18.9 Å². The second-order valence-corrected chi connectivity index (χ2v) is 9.86. The molecule has 0 N–H and O–H groups in total. The maximum absolute atomic E-state index is 12.9. The SMILES string of the molecule is CC(c1ccc(-c2ccc(CN3CCC4(CC3)Cc3ccncc3C4)cc2)cc1)C(F)(F)F. The van der Waals surface area contributed by atoms with E-state index in [-0.39, 0.29) is 0 Å². The molecule has 1 aliphatic carbocycles. The number of hydrogen-bond acceptors (Lipinski definition) is 2. The monoisotopic (exact) mass is 450 g/mol. The van der Waals surface area contributed by atoms with Gasteiger partial charge in [-0.1, -0.05) is 48.5 Å². The van der Waals surface area contributed by atoms with Gasteiger partial charge in [-0.15, -0.1) is 0 Å². The lowest BCUT2D eigenvalue weighted by molar-refractivity contribution is -0.146. The lowest BCUT2D eigenvalue weighted by atomic mass is 9.76. The van der Waals surface area contributed by atoms with Gasteiger partial charge in [0.15, 0.2) is 0 Å². The van der Waals surface area contributed by atoms with Crippen molar-refractivity contribution in [3.8, 4) is 11.1 Å². The largest absolute Gasteiger partial charge is 0.395 e. The number of pyridine rings is 1. The number of aromatic nitrogens is 1. The summed E-state index contributed by atoms with van der Waals surface area (Å²) in [5, 5.41) is 0. The smallest absolute Gasteiger partial charge is 0.299 e. The normalized spacial score (nSPS) is 18.9. The molecule has 172 valence electrons. The summed E-state index contributed by atoms with van der Waals surface area (Å²) >= 11 is 0. The van der Waals surface area contributed by atoms with Crippen LogP contribution in [0.4, 0.5) is 13.2 Å². The highest BCUT2D eigenvalue weighted by atomic mass is 19.4. The predicted octanol–water partition coefficient (Wildman–Crippen LogP) is 6.80. The molecular weight excluding hydrogens is 421 g/mol. The highest BCUT2D eigenvalue weighted by Crippen LogP contribution is 2.44. The number of likely N-dealkylation sites (tertiary alicyclic amines) is 1. The number of hydrogen-bond donors (Lipinski definition) is 0. The van der Waals surface area contributed by atoms with Gasteiger partial charge in [-0.25, -0.2) is 0 Å². The Bertz CT molecular complexity index is 1070. The van der Waals surface area contributed by atoms with Crippen molar-refractivity contribution in [1.82, 2.24) is 9.88 Å². The third kappa shape index (κ3) is 4.70. The van der Waals surface area contributed by atoms with Gasteiger partial charge in [0.2, 0.25) is 0 Å². The van der Waals surface area contributed by atoms with Gasteiger partial charge in [0.25, 0.3) is 0 Å². The molecule has 33 heavy (non-hydrogen) atoms. The fraction of sp³-hybridized carbons (Fsp3) is 0.393. The van der Waals surface area contributed by atoms with Gasteiger partial charge < -0.3 is 0 Å². The summed E-state index contributed by atoms with van der Waals surface area (Å²) in [5.74, 6) is -1.45. The number of benzene rings is 2. The highest BCUT2D eigenvalue weighted by Gasteiger charge is 2.40. The number of fused-ring (bicyclic) bond motifs is 1. The molecule has 1 spiro atoms. The third-order valence-electron chi connectivity index (χ3n) is 7.65. The zero-order valence-electron chi connectivity index (χ0n) is 18.9. The molecular formula is C28H29F3N2. The van der Waals surface area contributed by atoms with Crippen LogP contribution in [-0.2, 0) is 19.4 Å². The Labute approximate surface area is 193 Å². The van der Waals surface area contributed by atoms with E-state index in [0.29, 0.717) is 11.0 Å². The number of alkyl halides is 3. The number of halogens is 3. The second-order valence-electron chi connectivity index (χ2n) is 9.86. The molecule has 0 radical (unpaired) electrons. The summed E-state index contributed by atoms with van der Waals surface area (Å²) in [6.45, 7) is 4.37. The zero-order chi connectivity index (χ0) is 23.1.